The molecule has 0 heterocycles. The molecule has 0 aliphatic heterocycles. The molecule has 0 aromatic heterocycles. The molecule has 0 N–H and O–H groups in total. The Kier molecular flexibility index (Phi) is 13.6. The van der Waals surface area contributed by atoms with Gasteiger partial charge in [-0.15, -0.1) is 0 Å². The maximum Gasteiger partial charge on any atom is -0.0135 e. The zero-order valence-electron chi connectivity index (χ0n) is 17.7. The van der Waals surface area contributed by atoms with E-state index in [1.54, 1.807) is 0 Å². The number of allylic oxidation sites excluding steroid dienone is 6. The van der Waals surface area contributed by atoms with E-state index in [0.29, 0.717) is 0 Å². The van der Waals surface area contributed by atoms with Crippen molar-refractivity contribution in [2.75, 3.05) is 0 Å². The molecule has 0 nitrogen and oxygen atoms in total. The molecular weight excluding hydrogens is 312 g/mol. The fourth-order valence-corrected chi connectivity index (χ4v) is 2.20. The predicted octanol–water partition coefficient (Wildman–Crippen LogP) is 8.55. The van der Waals surface area contributed by atoms with Gasteiger partial charge in [0.25, 0.3) is 0 Å². The van der Waals surface area contributed by atoms with Crippen molar-refractivity contribution in [1.29, 1.82) is 0 Å². The van der Waals surface area contributed by atoms with E-state index in [-0.39, 0.29) is 0 Å². The Morgan fingerprint density at radius 3 is 1.73 bits per heavy atom. The summed E-state index contributed by atoms with van der Waals surface area (Å²) in [6, 6.07) is 19.0. The molecule has 0 radical (unpaired) electrons. The molecule has 0 saturated heterocycles. The van der Waals surface area contributed by atoms with Crippen LogP contribution in [0, 0.1) is 6.92 Å². The minimum absolute atomic E-state index is 1.10. The third-order valence-electron chi connectivity index (χ3n) is 3.61. The molecule has 1 aliphatic carbocycles. The lowest BCUT2D eigenvalue weighted by Crippen LogP contribution is -1.76. The first-order valence-corrected chi connectivity index (χ1v) is 9.78. The molecule has 26 heavy (non-hydrogen) atoms. The van der Waals surface area contributed by atoms with Crippen LogP contribution in [0.1, 0.15) is 53.5 Å². The summed E-state index contributed by atoms with van der Waals surface area (Å²) in [6.45, 7) is 14.4. The van der Waals surface area contributed by atoms with Crippen molar-refractivity contribution in [3.8, 4) is 11.1 Å². The summed E-state index contributed by atoms with van der Waals surface area (Å²) < 4.78 is 0. The highest BCUT2D eigenvalue weighted by Gasteiger charge is 1.93. The predicted molar refractivity (Wildman–Crippen MR) is 121 cm³/mol. The lowest BCUT2D eigenvalue weighted by molar-refractivity contribution is 1.22. The minimum atomic E-state index is 1.10. The zero-order valence-corrected chi connectivity index (χ0v) is 17.7. The first-order chi connectivity index (χ1) is 12.6. The third kappa shape index (κ3) is 9.84. The van der Waals surface area contributed by atoms with Crippen LogP contribution in [0.15, 0.2) is 90.0 Å². The van der Waals surface area contributed by atoms with E-state index in [9.17, 15) is 0 Å². The van der Waals surface area contributed by atoms with Crippen LogP contribution in [0.25, 0.3) is 11.1 Å². The SMILES string of the molecule is CC.CC.CC1=CC=C(C)CC=C1.Cc1ccc(-c2ccccc2)cc1. The second-order valence-corrected chi connectivity index (χ2v) is 5.76. The number of benzene rings is 2. The average Bonchev–Trinajstić information content (AvgIpc) is 2.90. The van der Waals surface area contributed by atoms with Crippen molar-refractivity contribution in [3.05, 3.63) is 95.6 Å². The largest absolute Gasteiger partial charge is 0.0802 e. The van der Waals surface area contributed by atoms with Gasteiger partial charge in [0.05, 0.1) is 0 Å². The molecular formula is C26H36. The van der Waals surface area contributed by atoms with Gasteiger partial charge in [0.2, 0.25) is 0 Å². The molecule has 2 aromatic rings. The second kappa shape index (κ2) is 15.0. The first-order valence-electron chi connectivity index (χ1n) is 9.78. The summed E-state index contributed by atoms with van der Waals surface area (Å²) in [5, 5.41) is 0. The van der Waals surface area contributed by atoms with Crippen LogP contribution in [0.4, 0.5) is 0 Å². The van der Waals surface area contributed by atoms with Gasteiger partial charge in [-0.1, -0.05) is 123 Å². The minimum Gasteiger partial charge on any atom is -0.0802 e. The Balaban J connectivity index is 0.000000422. The molecule has 0 spiro atoms. The van der Waals surface area contributed by atoms with E-state index in [1.165, 1.54) is 27.8 Å². The number of hydrogen-bond acceptors (Lipinski definition) is 0. The summed E-state index contributed by atoms with van der Waals surface area (Å²) >= 11 is 0. The molecule has 0 atom stereocenters. The summed E-state index contributed by atoms with van der Waals surface area (Å²) in [5.41, 5.74) is 6.64. The van der Waals surface area contributed by atoms with Crippen molar-refractivity contribution in [3.63, 3.8) is 0 Å². The van der Waals surface area contributed by atoms with Gasteiger partial charge in [-0.3, -0.25) is 0 Å². The topological polar surface area (TPSA) is 0 Å². The van der Waals surface area contributed by atoms with Gasteiger partial charge in [-0.25, -0.2) is 0 Å². The maximum atomic E-state index is 2.20. The van der Waals surface area contributed by atoms with Gasteiger partial charge in [-0.05, 0) is 38.3 Å². The van der Waals surface area contributed by atoms with Gasteiger partial charge in [0, 0.05) is 0 Å². The zero-order chi connectivity index (χ0) is 19.8. The lowest BCUT2D eigenvalue weighted by atomic mass is 10.0. The lowest BCUT2D eigenvalue weighted by Gasteiger charge is -2.00. The Morgan fingerprint density at radius 2 is 1.15 bits per heavy atom. The van der Waals surface area contributed by atoms with E-state index in [0.717, 1.165) is 6.42 Å². The van der Waals surface area contributed by atoms with Gasteiger partial charge >= 0.3 is 0 Å². The van der Waals surface area contributed by atoms with Crippen molar-refractivity contribution in [2.24, 2.45) is 0 Å². The summed E-state index contributed by atoms with van der Waals surface area (Å²) in [6.07, 6.45) is 9.79. The first kappa shape index (κ1) is 23.7. The smallest absolute Gasteiger partial charge is 0.0135 e. The molecule has 2 aromatic carbocycles. The average molecular weight is 349 g/mol. The highest BCUT2D eigenvalue weighted by molar-refractivity contribution is 5.63. The van der Waals surface area contributed by atoms with Crippen molar-refractivity contribution >= 4 is 0 Å². The fraction of sp³-hybridized carbons (Fsp3) is 0.308. The number of aryl methyl sites for hydroxylation is 1. The molecule has 140 valence electrons. The van der Waals surface area contributed by atoms with E-state index >= 15 is 0 Å². The molecule has 0 fully saturated rings. The van der Waals surface area contributed by atoms with Crippen LogP contribution in [0.5, 0.6) is 0 Å². The molecule has 0 unspecified atom stereocenters. The summed E-state index contributed by atoms with van der Waals surface area (Å²) in [4.78, 5) is 0. The molecule has 0 heteroatoms. The number of rotatable bonds is 1. The van der Waals surface area contributed by atoms with Crippen LogP contribution in [-0.4, -0.2) is 0 Å². The van der Waals surface area contributed by atoms with E-state index in [1.807, 2.05) is 33.8 Å². The third-order valence-corrected chi connectivity index (χ3v) is 3.61. The van der Waals surface area contributed by atoms with Crippen LogP contribution >= 0.6 is 0 Å². The van der Waals surface area contributed by atoms with E-state index in [4.69, 9.17) is 0 Å². The van der Waals surface area contributed by atoms with Gasteiger partial charge in [0.1, 0.15) is 0 Å². The van der Waals surface area contributed by atoms with E-state index < -0.39 is 0 Å². The van der Waals surface area contributed by atoms with Crippen molar-refractivity contribution < 1.29 is 0 Å². The van der Waals surface area contributed by atoms with Gasteiger partial charge in [-0.2, -0.15) is 0 Å². The van der Waals surface area contributed by atoms with Crippen molar-refractivity contribution in [2.45, 2.75) is 54.9 Å². The van der Waals surface area contributed by atoms with Gasteiger partial charge < -0.3 is 0 Å². The second-order valence-electron chi connectivity index (χ2n) is 5.76. The Bertz CT molecular complexity index is 668. The molecule has 1 aliphatic rings. The summed E-state index contributed by atoms with van der Waals surface area (Å²) in [5.74, 6) is 0. The summed E-state index contributed by atoms with van der Waals surface area (Å²) in [7, 11) is 0. The molecule has 0 saturated carbocycles. The molecule has 3 rings (SSSR count). The van der Waals surface area contributed by atoms with Crippen LogP contribution < -0.4 is 0 Å². The quantitative estimate of drug-likeness (QED) is 0.484. The van der Waals surface area contributed by atoms with Crippen LogP contribution in [0.2, 0.25) is 0 Å². The Labute approximate surface area is 162 Å². The molecule has 0 amide bonds. The Hall–Kier alpha value is -2.34. The van der Waals surface area contributed by atoms with Gasteiger partial charge in [0.15, 0.2) is 0 Å². The highest BCUT2D eigenvalue weighted by atomic mass is 14.0. The fourth-order valence-electron chi connectivity index (χ4n) is 2.20. The molecule has 0 bridgehead atoms. The Morgan fingerprint density at radius 1 is 0.615 bits per heavy atom. The van der Waals surface area contributed by atoms with E-state index in [2.05, 4.69) is 93.6 Å². The standard InChI is InChI=1S/C13H12.C9H12.2C2H6/c1-11-7-9-13(10-8-11)12-5-3-2-4-6-12;1-8-4-3-5-9(2)7-6-8;2*1-2/h2-10H,1H3;3-4,6-7H,5H2,1-2H3;2*1-2H3. The van der Waals surface area contributed by atoms with Crippen LogP contribution in [0.3, 0.4) is 0 Å². The normalized spacial score (nSPS) is 11.8. The van der Waals surface area contributed by atoms with Crippen molar-refractivity contribution in [1.82, 2.24) is 0 Å². The van der Waals surface area contributed by atoms with Crippen LogP contribution in [-0.2, 0) is 0 Å². The number of hydrogen-bond donors (Lipinski definition) is 0. The highest BCUT2D eigenvalue weighted by Crippen LogP contribution is 2.18. The maximum absolute atomic E-state index is 2.20. The monoisotopic (exact) mass is 348 g/mol.